The number of carbonyl (C=O) groups excluding carboxylic acids is 1. The number of carbonyl (C=O) groups is 1. The van der Waals surface area contributed by atoms with Crippen molar-refractivity contribution in [3.05, 3.63) is 54.1 Å². The van der Waals surface area contributed by atoms with Gasteiger partial charge in [0.25, 0.3) is 0 Å². The molecule has 5 nitrogen and oxygen atoms in total. The number of nitrogens with one attached hydrogen (secondary N) is 2. The van der Waals surface area contributed by atoms with Crippen LogP contribution in [0.15, 0.2) is 48.5 Å². The standard InChI is InChI=1S/C18H22N2O3/c1-14-5-3-4-6-17(14)20-13-18(21)19-11-12-23-16-9-7-15(22-2)8-10-16/h3-10,20H,11-13H2,1-2H3,(H,19,21). The van der Waals surface area contributed by atoms with E-state index in [1.807, 2.05) is 55.5 Å². The van der Waals surface area contributed by atoms with Crippen LogP contribution in [0.1, 0.15) is 5.56 Å². The molecule has 2 aromatic rings. The van der Waals surface area contributed by atoms with Gasteiger partial charge < -0.3 is 20.1 Å². The Labute approximate surface area is 136 Å². The Morgan fingerprint density at radius 2 is 1.74 bits per heavy atom. The number of benzene rings is 2. The van der Waals surface area contributed by atoms with Gasteiger partial charge in [-0.25, -0.2) is 0 Å². The predicted molar refractivity (Wildman–Crippen MR) is 91.2 cm³/mol. The molecule has 5 heteroatoms. The summed E-state index contributed by atoms with van der Waals surface area (Å²) in [7, 11) is 1.62. The van der Waals surface area contributed by atoms with E-state index in [-0.39, 0.29) is 12.5 Å². The Balaban J connectivity index is 1.63. The van der Waals surface area contributed by atoms with Crippen LogP contribution < -0.4 is 20.1 Å². The molecule has 0 aliphatic heterocycles. The number of ether oxygens (including phenoxy) is 2. The average Bonchev–Trinajstić information content (AvgIpc) is 2.58. The number of amides is 1. The van der Waals surface area contributed by atoms with Gasteiger partial charge in [0.15, 0.2) is 0 Å². The number of rotatable bonds is 8. The molecule has 0 radical (unpaired) electrons. The molecule has 0 aromatic heterocycles. The summed E-state index contributed by atoms with van der Waals surface area (Å²) in [5, 5.41) is 5.93. The van der Waals surface area contributed by atoms with Gasteiger partial charge >= 0.3 is 0 Å². The van der Waals surface area contributed by atoms with E-state index in [0.717, 1.165) is 22.7 Å². The average molecular weight is 314 g/mol. The Hall–Kier alpha value is -2.69. The normalized spacial score (nSPS) is 10.0. The van der Waals surface area contributed by atoms with Crippen molar-refractivity contribution in [2.24, 2.45) is 0 Å². The van der Waals surface area contributed by atoms with Crippen molar-refractivity contribution in [2.75, 3.05) is 32.1 Å². The minimum Gasteiger partial charge on any atom is -0.497 e. The molecule has 2 rings (SSSR count). The summed E-state index contributed by atoms with van der Waals surface area (Å²) in [5.74, 6) is 1.47. The summed E-state index contributed by atoms with van der Waals surface area (Å²) in [6.45, 7) is 3.12. The Morgan fingerprint density at radius 3 is 2.43 bits per heavy atom. The molecule has 0 spiro atoms. The summed E-state index contributed by atoms with van der Waals surface area (Å²) in [5.41, 5.74) is 2.08. The molecule has 23 heavy (non-hydrogen) atoms. The summed E-state index contributed by atoms with van der Waals surface area (Å²) in [4.78, 5) is 11.8. The third kappa shape index (κ3) is 5.54. The molecule has 2 N–H and O–H groups in total. The van der Waals surface area contributed by atoms with Crippen molar-refractivity contribution in [3.63, 3.8) is 0 Å². The maximum absolute atomic E-state index is 11.8. The highest BCUT2D eigenvalue weighted by atomic mass is 16.5. The third-order valence-electron chi connectivity index (χ3n) is 3.34. The number of methoxy groups -OCH3 is 1. The fourth-order valence-corrected chi connectivity index (χ4v) is 2.04. The Morgan fingerprint density at radius 1 is 1.04 bits per heavy atom. The van der Waals surface area contributed by atoms with Crippen LogP contribution in [0.4, 0.5) is 5.69 Å². The topological polar surface area (TPSA) is 59.6 Å². The Bertz CT molecular complexity index is 626. The molecule has 0 heterocycles. The second kappa shape index (κ2) is 8.68. The van der Waals surface area contributed by atoms with Crippen LogP contribution in [0.2, 0.25) is 0 Å². The van der Waals surface area contributed by atoms with Crippen LogP contribution in [0.25, 0.3) is 0 Å². The van der Waals surface area contributed by atoms with Gasteiger partial charge in [-0.2, -0.15) is 0 Å². The number of aryl methyl sites for hydroxylation is 1. The zero-order chi connectivity index (χ0) is 16.5. The van der Waals surface area contributed by atoms with Crippen LogP contribution in [0.5, 0.6) is 11.5 Å². The second-order valence-corrected chi connectivity index (χ2v) is 5.04. The fraction of sp³-hybridized carbons (Fsp3) is 0.278. The van der Waals surface area contributed by atoms with Gasteiger partial charge in [-0.05, 0) is 42.8 Å². The van der Waals surface area contributed by atoms with Gasteiger partial charge in [0, 0.05) is 5.69 Å². The van der Waals surface area contributed by atoms with Gasteiger partial charge in [-0.3, -0.25) is 4.79 Å². The molecule has 122 valence electrons. The van der Waals surface area contributed by atoms with Crippen molar-refractivity contribution in [1.29, 1.82) is 0 Å². The zero-order valence-electron chi connectivity index (χ0n) is 13.5. The third-order valence-corrected chi connectivity index (χ3v) is 3.34. The van der Waals surface area contributed by atoms with Crippen molar-refractivity contribution in [2.45, 2.75) is 6.92 Å². The van der Waals surface area contributed by atoms with Gasteiger partial charge in [0.05, 0.1) is 20.2 Å². The molecule has 0 unspecified atom stereocenters. The lowest BCUT2D eigenvalue weighted by atomic mass is 10.2. The molecule has 0 fully saturated rings. The molecule has 0 aliphatic rings. The van der Waals surface area contributed by atoms with E-state index in [4.69, 9.17) is 9.47 Å². The maximum Gasteiger partial charge on any atom is 0.239 e. The molecule has 0 atom stereocenters. The monoisotopic (exact) mass is 314 g/mol. The van der Waals surface area contributed by atoms with Crippen LogP contribution in [0, 0.1) is 6.92 Å². The lowest BCUT2D eigenvalue weighted by molar-refractivity contribution is -0.119. The minimum absolute atomic E-state index is 0.0633. The first kappa shape index (κ1) is 16.7. The van der Waals surface area contributed by atoms with E-state index in [1.165, 1.54) is 0 Å². The number of hydrogen-bond acceptors (Lipinski definition) is 4. The van der Waals surface area contributed by atoms with Gasteiger partial charge in [0.2, 0.25) is 5.91 Å². The van der Waals surface area contributed by atoms with Crippen molar-refractivity contribution in [3.8, 4) is 11.5 Å². The first-order chi connectivity index (χ1) is 11.2. The molecule has 2 aromatic carbocycles. The van der Waals surface area contributed by atoms with Crippen LogP contribution in [-0.2, 0) is 4.79 Å². The second-order valence-electron chi connectivity index (χ2n) is 5.04. The summed E-state index contributed by atoms with van der Waals surface area (Å²) < 4.78 is 10.6. The van der Waals surface area contributed by atoms with E-state index < -0.39 is 0 Å². The molecule has 0 bridgehead atoms. The van der Waals surface area contributed by atoms with Gasteiger partial charge in [-0.1, -0.05) is 18.2 Å². The van der Waals surface area contributed by atoms with Crippen molar-refractivity contribution < 1.29 is 14.3 Å². The van der Waals surface area contributed by atoms with Crippen molar-refractivity contribution in [1.82, 2.24) is 5.32 Å². The molecule has 0 saturated carbocycles. The van der Waals surface area contributed by atoms with E-state index >= 15 is 0 Å². The van der Waals surface area contributed by atoms with Gasteiger partial charge in [-0.15, -0.1) is 0 Å². The molecule has 1 amide bonds. The summed E-state index contributed by atoms with van der Waals surface area (Å²) in [6.07, 6.45) is 0. The van der Waals surface area contributed by atoms with Crippen molar-refractivity contribution >= 4 is 11.6 Å². The highest BCUT2D eigenvalue weighted by Crippen LogP contribution is 2.16. The summed E-state index contributed by atoms with van der Waals surface area (Å²) >= 11 is 0. The Kier molecular flexibility index (Phi) is 6.29. The lowest BCUT2D eigenvalue weighted by Gasteiger charge is -2.10. The molecule has 0 saturated heterocycles. The largest absolute Gasteiger partial charge is 0.497 e. The van der Waals surface area contributed by atoms with Crippen LogP contribution in [-0.4, -0.2) is 32.7 Å². The lowest BCUT2D eigenvalue weighted by Crippen LogP contribution is -2.33. The number of anilines is 1. The van der Waals surface area contributed by atoms with E-state index in [1.54, 1.807) is 7.11 Å². The highest BCUT2D eigenvalue weighted by molar-refractivity contribution is 5.80. The molecular formula is C18H22N2O3. The first-order valence-corrected chi connectivity index (χ1v) is 7.52. The van der Waals surface area contributed by atoms with Crippen LogP contribution in [0.3, 0.4) is 0 Å². The first-order valence-electron chi connectivity index (χ1n) is 7.52. The zero-order valence-corrected chi connectivity index (χ0v) is 13.5. The van der Waals surface area contributed by atoms with Crippen LogP contribution >= 0.6 is 0 Å². The summed E-state index contributed by atoms with van der Waals surface area (Å²) in [6, 6.07) is 15.2. The fourth-order valence-electron chi connectivity index (χ4n) is 2.04. The highest BCUT2D eigenvalue weighted by Gasteiger charge is 2.02. The predicted octanol–water partition coefficient (Wildman–Crippen LogP) is 2.61. The quantitative estimate of drug-likeness (QED) is 0.735. The maximum atomic E-state index is 11.8. The SMILES string of the molecule is COc1ccc(OCCNC(=O)CNc2ccccc2C)cc1. The van der Waals surface area contributed by atoms with E-state index in [2.05, 4.69) is 10.6 Å². The van der Waals surface area contributed by atoms with E-state index in [9.17, 15) is 4.79 Å². The number of hydrogen-bond donors (Lipinski definition) is 2. The minimum atomic E-state index is -0.0633. The molecule has 0 aliphatic carbocycles. The smallest absolute Gasteiger partial charge is 0.239 e. The molecular weight excluding hydrogens is 292 g/mol. The number of para-hydroxylation sites is 1. The van der Waals surface area contributed by atoms with E-state index in [0.29, 0.717) is 13.2 Å². The van der Waals surface area contributed by atoms with Gasteiger partial charge in [0.1, 0.15) is 18.1 Å².